The van der Waals surface area contributed by atoms with Crippen LogP contribution in [0.3, 0.4) is 0 Å². The molecule has 0 fully saturated rings. The Morgan fingerprint density at radius 1 is 0.957 bits per heavy atom. The Balaban J connectivity index is 3.50. The molecule has 0 saturated heterocycles. The molecule has 1 aromatic rings. The molecule has 1 atom stereocenters. The highest BCUT2D eigenvalue weighted by Crippen LogP contribution is 2.53. The van der Waals surface area contributed by atoms with Crippen molar-refractivity contribution in [1.29, 1.82) is 0 Å². The summed E-state index contributed by atoms with van der Waals surface area (Å²) < 4.78 is 24.8. The fourth-order valence-electron chi connectivity index (χ4n) is 2.56. The minimum Gasteiger partial charge on any atom is -0.424 e. The van der Waals surface area contributed by atoms with Crippen LogP contribution in [-0.4, -0.2) is 12.8 Å². The largest absolute Gasteiger partial charge is 0.424 e. The third kappa shape index (κ3) is 5.36. The molecule has 132 valence electrons. The van der Waals surface area contributed by atoms with Gasteiger partial charge in [-0.3, -0.25) is 0 Å². The van der Waals surface area contributed by atoms with Crippen LogP contribution in [0.5, 0.6) is 5.75 Å². The molecule has 0 heterocycles. The fourth-order valence-corrected chi connectivity index (χ4v) is 4.25. The lowest BCUT2D eigenvalue weighted by Crippen LogP contribution is -2.19. The van der Waals surface area contributed by atoms with Gasteiger partial charge in [0.05, 0.1) is 12.8 Å². The second-order valence-electron chi connectivity index (χ2n) is 8.03. The Bertz CT molecular complexity index is 523. The van der Waals surface area contributed by atoms with Crippen LogP contribution < -0.4 is 4.52 Å². The van der Waals surface area contributed by atoms with Crippen molar-refractivity contribution in [3.8, 4) is 5.75 Å². The van der Waals surface area contributed by atoms with Crippen LogP contribution in [0.15, 0.2) is 18.2 Å². The molecule has 3 nitrogen and oxygen atoms in total. The van der Waals surface area contributed by atoms with E-state index < -0.39 is 7.60 Å². The maximum absolute atomic E-state index is 13.1. The molecule has 0 radical (unpaired) electrons. The Labute approximate surface area is 142 Å². The van der Waals surface area contributed by atoms with Crippen molar-refractivity contribution in [2.75, 3.05) is 12.8 Å². The van der Waals surface area contributed by atoms with Crippen molar-refractivity contribution in [2.45, 2.75) is 72.6 Å². The fraction of sp³-hybridized carbons (Fsp3) is 0.684. The Hall–Kier alpha value is -0.790. The maximum Gasteiger partial charge on any atom is 0.379 e. The number of hydrogen-bond acceptors (Lipinski definition) is 3. The van der Waals surface area contributed by atoms with E-state index in [1.54, 1.807) is 0 Å². The van der Waals surface area contributed by atoms with Crippen molar-refractivity contribution in [1.82, 2.24) is 0 Å². The van der Waals surface area contributed by atoms with Crippen molar-refractivity contribution in [3.05, 3.63) is 29.3 Å². The van der Waals surface area contributed by atoms with E-state index in [2.05, 4.69) is 59.7 Å². The second-order valence-corrected chi connectivity index (χ2v) is 10.1. The highest BCUT2D eigenvalue weighted by atomic mass is 31.2. The summed E-state index contributed by atoms with van der Waals surface area (Å²) in [6.07, 6.45) is 1.20. The Morgan fingerprint density at radius 3 is 1.78 bits per heavy atom. The predicted octanol–water partition coefficient (Wildman–Crippen LogP) is 6.30. The molecule has 0 aromatic heterocycles. The zero-order chi connectivity index (χ0) is 17.9. The first-order chi connectivity index (χ1) is 10.4. The second kappa shape index (κ2) is 7.40. The van der Waals surface area contributed by atoms with Gasteiger partial charge in [-0.15, -0.1) is 0 Å². The van der Waals surface area contributed by atoms with E-state index in [-0.39, 0.29) is 10.8 Å². The first kappa shape index (κ1) is 20.3. The van der Waals surface area contributed by atoms with Gasteiger partial charge in [0.15, 0.2) is 0 Å². The smallest absolute Gasteiger partial charge is 0.379 e. The molecule has 0 N–H and O–H groups in total. The lowest BCUT2D eigenvalue weighted by atomic mass is 9.80. The van der Waals surface area contributed by atoms with E-state index in [9.17, 15) is 4.57 Å². The van der Waals surface area contributed by atoms with Crippen LogP contribution in [0.2, 0.25) is 0 Å². The van der Waals surface area contributed by atoms with Crippen LogP contribution in [0.4, 0.5) is 0 Å². The average Bonchev–Trinajstić information content (AvgIpc) is 2.36. The van der Waals surface area contributed by atoms with Gasteiger partial charge in [-0.2, -0.15) is 0 Å². The lowest BCUT2D eigenvalue weighted by Gasteiger charge is -2.31. The summed E-state index contributed by atoms with van der Waals surface area (Å²) in [6.45, 7) is 17.1. The van der Waals surface area contributed by atoms with Gasteiger partial charge in [-0.1, -0.05) is 66.7 Å². The normalized spacial score (nSPS) is 15.3. The number of benzene rings is 1. The van der Waals surface area contributed by atoms with Gasteiger partial charge in [0.1, 0.15) is 5.75 Å². The molecule has 0 aliphatic carbocycles. The summed E-state index contributed by atoms with van der Waals surface area (Å²) in [7, 11) is -3.13. The summed E-state index contributed by atoms with van der Waals surface area (Å²) in [4.78, 5) is 0. The van der Waals surface area contributed by atoms with Gasteiger partial charge in [-0.25, -0.2) is 4.57 Å². The van der Waals surface area contributed by atoms with Gasteiger partial charge < -0.3 is 9.05 Å². The van der Waals surface area contributed by atoms with Crippen LogP contribution in [0.25, 0.3) is 0 Å². The molecule has 1 unspecified atom stereocenters. The van der Waals surface area contributed by atoms with Gasteiger partial charge in [0.2, 0.25) is 0 Å². The van der Waals surface area contributed by atoms with Crippen molar-refractivity contribution >= 4 is 7.60 Å². The molecule has 0 aliphatic rings. The summed E-state index contributed by atoms with van der Waals surface area (Å²) in [5, 5.41) is 0. The maximum atomic E-state index is 13.1. The van der Waals surface area contributed by atoms with E-state index >= 15 is 0 Å². The molecule has 1 aromatic carbocycles. The quantitative estimate of drug-likeness (QED) is 0.570. The molecular weight excluding hydrogens is 307 g/mol. The van der Waals surface area contributed by atoms with Crippen molar-refractivity contribution < 1.29 is 13.6 Å². The van der Waals surface area contributed by atoms with E-state index in [1.165, 1.54) is 0 Å². The van der Waals surface area contributed by atoms with E-state index in [0.29, 0.717) is 12.8 Å². The monoisotopic (exact) mass is 340 g/mol. The summed E-state index contributed by atoms with van der Waals surface area (Å²) in [6, 6.07) is 6.18. The molecule has 0 saturated carbocycles. The molecular formula is C19H33O3P. The summed E-state index contributed by atoms with van der Waals surface area (Å²) in [5.74, 6) is 0.734. The number of rotatable bonds is 6. The van der Waals surface area contributed by atoms with Crippen LogP contribution in [0.1, 0.15) is 72.9 Å². The van der Waals surface area contributed by atoms with Crippen molar-refractivity contribution in [2.24, 2.45) is 0 Å². The number of para-hydroxylation sites is 1. The highest BCUT2D eigenvalue weighted by Gasteiger charge is 2.32. The topological polar surface area (TPSA) is 35.5 Å². The highest BCUT2D eigenvalue weighted by molar-refractivity contribution is 7.54. The van der Waals surface area contributed by atoms with Crippen LogP contribution in [0, 0.1) is 0 Å². The summed E-state index contributed by atoms with van der Waals surface area (Å²) >= 11 is 0. The first-order valence-electron chi connectivity index (χ1n) is 8.51. The zero-order valence-corrected chi connectivity index (χ0v) is 16.9. The zero-order valence-electron chi connectivity index (χ0n) is 16.0. The third-order valence-electron chi connectivity index (χ3n) is 3.68. The SMILES string of the molecule is CCCP(=O)(OCC)Oc1c(C(C)(C)C)cccc1C(C)(C)C. The van der Waals surface area contributed by atoms with Gasteiger partial charge >= 0.3 is 7.60 Å². The minimum atomic E-state index is -3.13. The van der Waals surface area contributed by atoms with E-state index in [0.717, 1.165) is 23.3 Å². The van der Waals surface area contributed by atoms with E-state index in [1.807, 2.05) is 13.8 Å². The Kier molecular flexibility index (Phi) is 6.52. The first-order valence-corrected chi connectivity index (χ1v) is 10.2. The molecule has 4 heteroatoms. The molecule has 0 amide bonds. The van der Waals surface area contributed by atoms with Crippen molar-refractivity contribution in [3.63, 3.8) is 0 Å². The van der Waals surface area contributed by atoms with Gasteiger partial charge in [0, 0.05) is 11.1 Å². The van der Waals surface area contributed by atoms with Crippen LogP contribution in [-0.2, 0) is 19.9 Å². The minimum absolute atomic E-state index is 0.0974. The Morgan fingerprint density at radius 2 is 1.43 bits per heavy atom. The molecule has 0 bridgehead atoms. The summed E-state index contributed by atoms with van der Waals surface area (Å²) in [5.41, 5.74) is 1.95. The standard InChI is InChI=1S/C19H33O3P/c1-9-14-23(20,21-10-2)22-17-15(18(3,4)5)12-11-13-16(17)19(6,7)8/h11-13H,9-10,14H2,1-8H3. The average molecular weight is 340 g/mol. The van der Waals surface area contributed by atoms with Crippen LogP contribution >= 0.6 is 7.60 Å². The molecule has 0 aliphatic heterocycles. The lowest BCUT2D eigenvalue weighted by molar-refractivity contribution is 0.275. The number of hydrogen-bond donors (Lipinski definition) is 0. The molecule has 23 heavy (non-hydrogen) atoms. The molecule has 0 spiro atoms. The van der Waals surface area contributed by atoms with E-state index in [4.69, 9.17) is 9.05 Å². The molecule has 1 rings (SSSR count). The van der Waals surface area contributed by atoms with Gasteiger partial charge in [0.25, 0.3) is 0 Å². The third-order valence-corrected chi connectivity index (χ3v) is 5.79. The van der Waals surface area contributed by atoms with Gasteiger partial charge in [-0.05, 0) is 24.2 Å². The predicted molar refractivity (Wildman–Crippen MR) is 98.9 cm³/mol.